The second kappa shape index (κ2) is 15.0. The molecule has 0 aliphatic rings. The van der Waals surface area contributed by atoms with Crippen molar-refractivity contribution in [2.45, 2.75) is 31.9 Å². The van der Waals surface area contributed by atoms with Crippen molar-refractivity contribution in [1.82, 2.24) is 10.6 Å². The third kappa shape index (κ3) is 7.74. The van der Waals surface area contributed by atoms with Gasteiger partial charge in [0.1, 0.15) is 11.3 Å². The Morgan fingerprint density at radius 2 is 1.66 bits per heavy atom. The van der Waals surface area contributed by atoms with Gasteiger partial charge in [0.05, 0.1) is 25.6 Å². The first-order valence-electron chi connectivity index (χ1n) is 14.0. The summed E-state index contributed by atoms with van der Waals surface area (Å²) >= 11 is 0. The van der Waals surface area contributed by atoms with Gasteiger partial charge >= 0.3 is 0 Å². The van der Waals surface area contributed by atoms with Gasteiger partial charge in [-0.3, -0.25) is 14.4 Å². The number of rotatable bonds is 14. The van der Waals surface area contributed by atoms with E-state index in [0.29, 0.717) is 6.42 Å². The standard InChI is InChI=1S/C33H36N2O9/c1-20-29(36)24-17-28(43-19-40-2)27(42-4)18-26(24)44-31(20)33(39)35-25(16-22-8-6-5-7-9-22)30(37)32(38)34-15-14-21-10-12-23(41-3)13-11-21/h5-13,17-18,25,30,37H,14-16,19H2,1-4H3,(H,34,38)(H,35,39)/t25-,30?/m0/s1. The molecule has 1 unspecified atom stereocenters. The first kappa shape index (κ1) is 32.1. The van der Waals surface area contributed by atoms with E-state index < -0.39 is 29.4 Å². The van der Waals surface area contributed by atoms with E-state index in [1.165, 1.54) is 33.3 Å². The van der Waals surface area contributed by atoms with Crippen LogP contribution in [0.15, 0.2) is 75.9 Å². The normalized spacial score (nSPS) is 12.3. The summed E-state index contributed by atoms with van der Waals surface area (Å²) in [5.74, 6) is -0.382. The SMILES string of the molecule is COCOc1cc2c(=O)c(C)c(C(=O)N[C@@H](Cc3ccccc3)C(O)C(=O)NCCc3ccc(OC)cc3)oc2cc1OC. The van der Waals surface area contributed by atoms with Crippen LogP contribution in [-0.4, -0.2) is 63.7 Å². The van der Waals surface area contributed by atoms with Crippen molar-refractivity contribution >= 4 is 22.8 Å². The second-order valence-corrected chi connectivity index (χ2v) is 10.0. The average Bonchev–Trinajstić information content (AvgIpc) is 3.05. The van der Waals surface area contributed by atoms with Gasteiger partial charge in [-0.25, -0.2) is 0 Å². The number of fused-ring (bicyclic) bond motifs is 1. The summed E-state index contributed by atoms with van der Waals surface area (Å²) in [4.78, 5) is 39.8. The quantitative estimate of drug-likeness (QED) is 0.185. The number of benzene rings is 3. The summed E-state index contributed by atoms with van der Waals surface area (Å²) in [5.41, 5.74) is 1.47. The van der Waals surface area contributed by atoms with Crippen LogP contribution in [0.3, 0.4) is 0 Å². The van der Waals surface area contributed by atoms with Crippen molar-refractivity contribution in [1.29, 1.82) is 0 Å². The Bertz CT molecular complexity index is 1640. The molecule has 2 amide bonds. The molecular formula is C33H36N2O9. The molecule has 3 aromatic carbocycles. The fourth-order valence-electron chi connectivity index (χ4n) is 4.66. The molecular weight excluding hydrogens is 568 g/mol. The van der Waals surface area contributed by atoms with Gasteiger partial charge in [0.2, 0.25) is 0 Å². The molecule has 0 saturated carbocycles. The van der Waals surface area contributed by atoms with Crippen LogP contribution < -0.4 is 30.3 Å². The number of amides is 2. The zero-order chi connectivity index (χ0) is 31.6. The van der Waals surface area contributed by atoms with Crippen LogP contribution in [0.25, 0.3) is 11.0 Å². The van der Waals surface area contributed by atoms with Crippen LogP contribution in [0, 0.1) is 6.92 Å². The van der Waals surface area contributed by atoms with E-state index in [2.05, 4.69) is 10.6 Å². The van der Waals surface area contributed by atoms with Gasteiger partial charge in [-0.15, -0.1) is 0 Å². The molecule has 4 rings (SSSR count). The third-order valence-corrected chi connectivity index (χ3v) is 7.08. The molecule has 1 heterocycles. The van der Waals surface area contributed by atoms with E-state index >= 15 is 0 Å². The van der Waals surface area contributed by atoms with Crippen molar-refractivity contribution in [3.63, 3.8) is 0 Å². The molecule has 3 N–H and O–H groups in total. The molecule has 0 saturated heterocycles. The highest BCUT2D eigenvalue weighted by Crippen LogP contribution is 2.32. The Kier molecular flexibility index (Phi) is 11.0. The van der Waals surface area contributed by atoms with Crippen molar-refractivity contribution in [2.75, 3.05) is 34.7 Å². The number of carbonyl (C=O) groups excluding carboxylic acids is 2. The van der Waals surface area contributed by atoms with Crippen LogP contribution in [0.5, 0.6) is 17.2 Å². The van der Waals surface area contributed by atoms with E-state index in [1.807, 2.05) is 54.6 Å². The number of hydrogen-bond acceptors (Lipinski definition) is 9. The lowest BCUT2D eigenvalue weighted by atomic mass is 10.00. The van der Waals surface area contributed by atoms with E-state index in [4.69, 9.17) is 23.4 Å². The number of carbonyl (C=O) groups is 2. The molecule has 4 aromatic rings. The predicted octanol–water partition coefficient (Wildman–Crippen LogP) is 3.16. The Balaban J connectivity index is 1.55. The van der Waals surface area contributed by atoms with Gasteiger partial charge in [-0.05, 0) is 49.1 Å². The summed E-state index contributed by atoms with van der Waals surface area (Å²) in [5, 5.41) is 16.7. The van der Waals surface area contributed by atoms with Gasteiger partial charge < -0.3 is 39.1 Å². The van der Waals surface area contributed by atoms with Crippen molar-refractivity contribution in [2.24, 2.45) is 0 Å². The van der Waals surface area contributed by atoms with Gasteiger partial charge in [0, 0.05) is 25.3 Å². The zero-order valence-corrected chi connectivity index (χ0v) is 25.0. The van der Waals surface area contributed by atoms with Crippen molar-refractivity contribution in [3.8, 4) is 17.2 Å². The molecule has 1 aromatic heterocycles. The largest absolute Gasteiger partial charge is 0.497 e. The second-order valence-electron chi connectivity index (χ2n) is 10.0. The summed E-state index contributed by atoms with van der Waals surface area (Å²) in [6.45, 7) is 1.67. The lowest BCUT2D eigenvalue weighted by molar-refractivity contribution is -0.130. The highest BCUT2D eigenvalue weighted by molar-refractivity contribution is 5.96. The van der Waals surface area contributed by atoms with E-state index in [9.17, 15) is 19.5 Å². The fraction of sp³-hybridized carbons (Fsp3) is 0.303. The number of ether oxygens (including phenoxy) is 4. The van der Waals surface area contributed by atoms with Gasteiger partial charge in [-0.2, -0.15) is 0 Å². The molecule has 0 radical (unpaired) electrons. The maximum absolute atomic E-state index is 13.5. The average molecular weight is 605 g/mol. The minimum absolute atomic E-state index is 0.0507. The van der Waals surface area contributed by atoms with Crippen molar-refractivity contribution in [3.05, 3.63) is 99.4 Å². The van der Waals surface area contributed by atoms with Gasteiger partial charge in [0.25, 0.3) is 11.8 Å². The summed E-state index contributed by atoms with van der Waals surface area (Å²) in [6.07, 6.45) is -0.922. The highest BCUT2D eigenvalue weighted by Gasteiger charge is 2.30. The van der Waals surface area contributed by atoms with E-state index in [1.54, 1.807) is 7.11 Å². The summed E-state index contributed by atoms with van der Waals surface area (Å²) in [6, 6.07) is 18.4. The van der Waals surface area contributed by atoms with Crippen LogP contribution in [-0.2, 0) is 22.4 Å². The Morgan fingerprint density at radius 1 is 0.932 bits per heavy atom. The minimum atomic E-state index is -1.59. The summed E-state index contributed by atoms with van der Waals surface area (Å²) < 4.78 is 26.9. The lowest BCUT2D eigenvalue weighted by Crippen LogP contribution is -2.52. The Hall–Kier alpha value is -4.87. The van der Waals surface area contributed by atoms with Gasteiger partial charge in [-0.1, -0.05) is 42.5 Å². The predicted molar refractivity (Wildman–Crippen MR) is 163 cm³/mol. The maximum Gasteiger partial charge on any atom is 0.287 e. The van der Waals surface area contributed by atoms with E-state index in [-0.39, 0.29) is 53.6 Å². The van der Waals surface area contributed by atoms with Crippen LogP contribution in [0.1, 0.15) is 27.2 Å². The smallest absolute Gasteiger partial charge is 0.287 e. The number of methoxy groups -OCH3 is 3. The van der Waals surface area contributed by atoms with Gasteiger partial charge in [0.15, 0.2) is 35.6 Å². The monoisotopic (exact) mass is 604 g/mol. The molecule has 0 bridgehead atoms. The molecule has 11 heteroatoms. The first-order valence-corrected chi connectivity index (χ1v) is 14.0. The molecule has 0 aliphatic carbocycles. The lowest BCUT2D eigenvalue weighted by Gasteiger charge is -2.24. The zero-order valence-electron chi connectivity index (χ0n) is 25.0. The van der Waals surface area contributed by atoms with Crippen LogP contribution in [0.2, 0.25) is 0 Å². The van der Waals surface area contributed by atoms with Crippen LogP contribution in [0.4, 0.5) is 0 Å². The molecule has 0 fully saturated rings. The summed E-state index contributed by atoms with van der Waals surface area (Å²) in [7, 11) is 4.48. The van der Waals surface area contributed by atoms with Crippen molar-refractivity contribution < 1.29 is 38.1 Å². The maximum atomic E-state index is 13.5. The highest BCUT2D eigenvalue weighted by atomic mass is 16.7. The van der Waals surface area contributed by atoms with Crippen LogP contribution >= 0.6 is 0 Å². The molecule has 11 nitrogen and oxygen atoms in total. The minimum Gasteiger partial charge on any atom is -0.497 e. The topological polar surface area (TPSA) is 146 Å². The molecule has 2 atom stereocenters. The molecule has 44 heavy (non-hydrogen) atoms. The first-order chi connectivity index (χ1) is 21.2. The number of hydrogen-bond donors (Lipinski definition) is 3. The molecule has 0 spiro atoms. The Morgan fingerprint density at radius 3 is 2.32 bits per heavy atom. The fourth-order valence-corrected chi connectivity index (χ4v) is 4.66. The molecule has 232 valence electrons. The third-order valence-electron chi connectivity index (χ3n) is 7.08. The molecule has 0 aliphatic heterocycles. The van der Waals surface area contributed by atoms with E-state index in [0.717, 1.165) is 16.9 Å². The number of nitrogens with one attached hydrogen (secondary N) is 2. The number of aliphatic hydroxyl groups is 1. The number of aliphatic hydroxyl groups excluding tert-OH is 1. The Labute approximate surface area is 254 Å².